The summed E-state index contributed by atoms with van der Waals surface area (Å²) in [5, 5.41) is 2.57. The summed E-state index contributed by atoms with van der Waals surface area (Å²) < 4.78 is 39.0. The monoisotopic (exact) mass is 354 g/mol. The summed E-state index contributed by atoms with van der Waals surface area (Å²) in [6.07, 6.45) is 0.0654. The number of rotatable bonds is 4. The van der Waals surface area contributed by atoms with Crippen LogP contribution >= 0.6 is 0 Å². The number of alkyl halides is 3. The van der Waals surface area contributed by atoms with Crippen molar-refractivity contribution in [2.75, 3.05) is 13.1 Å². The third-order valence-electron chi connectivity index (χ3n) is 5.03. The zero-order chi connectivity index (χ0) is 18.0. The number of carbonyl (C=O) groups is 2. The molecule has 1 atom stereocenters. The average Bonchev–Trinajstić information content (AvgIpc) is 3.21. The molecule has 0 spiro atoms. The van der Waals surface area contributed by atoms with Crippen LogP contribution in [0.1, 0.15) is 48.0 Å². The van der Waals surface area contributed by atoms with Crippen LogP contribution < -0.4 is 5.32 Å². The topological polar surface area (TPSA) is 49.4 Å². The molecule has 1 heterocycles. The second-order valence-electron chi connectivity index (χ2n) is 6.81. The number of hydrogen-bond acceptors (Lipinski definition) is 2. The van der Waals surface area contributed by atoms with Gasteiger partial charge in [0, 0.05) is 31.5 Å². The van der Waals surface area contributed by atoms with Crippen molar-refractivity contribution in [3.8, 4) is 0 Å². The fourth-order valence-electron chi connectivity index (χ4n) is 3.77. The maximum Gasteiger partial charge on any atom is 0.417 e. The van der Waals surface area contributed by atoms with Crippen LogP contribution in [0.15, 0.2) is 24.3 Å². The van der Waals surface area contributed by atoms with Crippen molar-refractivity contribution in [3.63, 3.8) is 0 Å². The summed E-state index contributed by atoms with van der Waals surface area (Å²) in [6.45, 7) is 0.782. The van der Waals surface area contributed by atoms with Gasteiger partial charge < -0.3 is 10.2 Å². The van der Waals surface area contributed by atoms with E-state index >= 15 is 0 Å². The molecule has 25 heavy (non-hydrogen) atoms. The van der Waals surface area contributed by atoms with E-state index in [1.54, 1.807) is 0 Å². The smallest absolute Gasteiger partial charge is 0.352 e. The lowest BCUT2D eigenvalue weighted by molar-refractivity contribution is -0.138. The van der Waals surface area contributed by atoms with Gasteiger partial charge in [-0.05, 0) is 25.0 Å². The van der Waals surface area contributed by atoms with Crippen molar-refractivity contribution >= 4 is 11.8 Å². The Hall–Kier alpha value is -2.05. The fourth-order valence-corrected chi connectivity index (χ4v) is 3.77. The van der Waals surface area contributed by atoms with Crippen molar-refractivity contribution in [3.05, 3.63) is 35.4 Å². The van der Waals surface area contributed by atoms with Crippen LogP contribution in [0, 0.1) is 5.92 Å². The fraction of sp³-hybridized carbons (Fsp3) is 0.556. The molecule has 1 saturated heterocycles. The third-order valence-corrected chi connectivity index (χ3v) is 5.03. The number of amides is 2. The van der Waals surface area contributed by atoms with E-state index in [9.17, 15) is 22.8 Å². The van der Waals surface area contributed by atoms with Gasteiger partial charge in [-0.2, -0.15) is 13.2 Å². The Morgan fingerprint density at radius 1 is 1.20 bits per heavy atom. The van der Waals surface area contributed by atoms with Crippen LogP contribution in [0.4, 0.5) is 13.2 Å². The highest BCUT2D eigenvalue weighted by atomic mass is 19.4. The Kier molecular flexibility index (Phi) is 5.01. The SMILES string of the molecule is O=C(NC[C@H]1CC(=O)N(C2CCCC2)C1)c1ccccc1C(F)(F)F. The minimum absolute atomic E-state index is 0.0462. The predicted molar refractivity (Wildman–Crippen MR) is 85.9 cm³/mol. The zero-order valence-electron chi connectivity index (χ0n) is 13.8. The van der Waals surface area contributed by atoms with Crippen molar-refractivity contribution in [1.82, 2.24) is 10.2 Å². The normalized spacial score (nSPS) is 21.8. The van der Waals surface area contributed by atoms with Crippen molar-refractivity contribution in [1.29, 1.82) is 0 Å². The molecule has 2 fully saturated rings. The number of benzene rings is 1. The Balaban J connectivity index is 1.59. The summed E-state index contributed by atoms with van der Waals surface area (Å²) >= 11 is 0. The summed E-state index contributed by atoms with van der Waals surface area (Å²) in [5.41, 5.74) is -1.32. The van der Waals surface area contributed by atoms with Gasteiger partial charge in [0.1, 0.15) is 0 Å². The predicted octanol–water partition coefficient (Wildman–Crippen LogP) is 3.23. The molecule has 136 valence electrons. The molecular weight excluding hydrogens is 333 g/mol. The van der Waals surface area contributed by atoms with Crippen LogP contribution in [0.5, 0.6) is 0 Å². The van der Waals surface area contributed by atoms with Crippen LogP contribution in [0.2, 0.25) is 0 Å². The van der Waals surface area contributed by atoms with Gasteiger partial charge in [-0.3, -0.25) is 9.59 Å². The van der Waals surface area contributed by atoms with Gasteiger partial charge in [0.25, 0.3) is 5.91 Å². The molecule has 1 aromatic carbocycles. The van der Waals surface area contributed by atoms with E-state index < -0.39 is 17.6 Å². The Morgan fingerprint density at radius 3 is 2.56 bits per heavy atom. The van der Waals surface area contributed by atoms with Crippen molar-refractivity contribution < 1.29 is 22.8 Å². The summed E-state index contributed by atoms with van der Waals surface area (Å²) in [6, 6.07) is 5.03. The summed E-state index contributed by atoms with van der Waals surface area (Å²) in [5.74, 6) is -0.711. The number of hydrogen-bond donors (Lipinski definition) is 1. The van der Waals surface area contributed by atoms with E-state index in [-0.39, 0.29) is 23.9 Å². The second-order valence-corrected chi connectivity index (χ2v) is 6.81. The zero-order valence-corrected chi connectivity index (χ0v) is 13.8. The van der Waals surface area contributed by atoms with E-state index in [0.717, 1.165) is 31.7 Å². The first-order chi connectivity index (χ1) is 11.9. The minimum atomic E-state index is -4.57. The molecule has 2 amide bonds. The number of carbonyl (C=O) groups excluding carboxylic acids is 2. The largest absolute Gasteiger partial charge is 0.417 e. The van der Waals surface area contributed by atoms with E-state index in [2.05, 4.69) is 5.32 Å². The highest BCUT2D eigenvalue weighted by Crippen LogP contribution is 2.32. The molecule has 0 aromatic heterocycles. The first kappa shape index (κ1) is 17.8. The first-order valence-corrected chi connectivity index (χ1v) is 8.60. The van der Waals surface area contributed by atoms with Crippen LogP contribution in [-0.4, -0.2) is 35.8 Å². The number of likely N-dealkylation sites (tertiary alicyclic amines) is 1. The van der Waals surface area contributed by atoms with Gasteiger partial charge in [0.15, 0.2) is 0 Å². The first-order valence-electron chi connectivity index (χ1n) is 8.60. The van der Waals surface area contributed by atoms with Crippen molar-refractivity contribution in [2.24, 2.45) is 5.92 Å². The summed E-state index contributed by atoms with van der Waals surface area (Å²) in [7, 11) is 0. The quantitative estimate of drug-likeness (QED) is 0.903. The lowest BCUT2D eigenvalue weighted by Gasteiger charge is -2.24. The molecule has 0 unspecified atom stereocenters. The van der Waals surface area contributed by atoms with Gasteiger partial charge in [-0.25, -0.2) is 0 Å². The highest BCUT2D eigenvalue weighted by Gasteiger charge is 2.37. The van der Waals surface area contributed by atoms with E-state index in [4.69, 9.17) is 0 Å². The van der Waals surface area contributed by atoms with Gasteiger partial charge in [-0.15, -0.1) is 0 Å². The lowest BCUT2D eigenvalue weighted by atomic mass is 10.1. The molecule has 1 N–H and O–H groups in total. The van der Waals surface area contributed by atoms with Gasteiger partial charge in [0.2, 0.25) is 5.91 Å². The maximum absolute atomic E-state index is 13.0. The maximum atomic E-state index is 13.0. The van der Waals surface area contributed by atoms with Gasteiger partial charge in [-0.1, -0.05) is 25.0 Å². The van der Waals surface area contributed by atoms with E-state index in [1.807, 2.05) is 4.90 Å². The third kappa shape index (κ3) is 3.96. The molecule has 4 nitrogen and oxygen atoms in total. The standard InChI is InChI=1S/C18H21F3N2O2/c19-18(20,21)15-8-4-3-7-14(15)17(25)22-10-12-9-16(24)23(11-12)13-5-1-2-6-13/h3-4,7-8,12-13H,1-2,5-6,9-11H2,(H,22,25)/t12-/m1/s1. The molecule has 1 aromatic rings. The van der Waals surface area contributed by atoms with E-state index in [0.29, 0.717) is 19.0 Å². The molecule has 1 saturated carbocycles. The molecule has 1 aliphatic heterocycles. The highest BCUT2D eigenvalue weighted by molar-refractivity contribution is 5.95. The molecule has 0 bridgehead atoms. The second kappa shape index (κ2) is 7.06. The van der Waals surface area contributed by atoms with E-state index in [1.165, 1.54) is 18.2 Å². The van der Waals surface area contributed by atoms with Crippen LogP contribution in [0.25, 0.3) is 0 Å². The van der Waals surface area contributed by atoms with Crippen molar-refractivity contribution in [2.45, 2.75) is 44.3 Å². The van der Waals surface area contributed by atoms with Crippen LogP contribution in [0.3, 0.4) is 0 Å². The number of halogens is 3. The Bertz CT molecular complexity index is 654. The van der Waals surface area contributed by atoms with Crippen LogP contribution in [-0.2, 0) is 11.0 Å². The molecule has 3 rings (SSSR count). The molecule has 1 aliphatic carbocycles. The lowest BCUT2D eigenvalue weighted by Crippen LogP contribution is -2.36. The summed E-state index contributed by atoms with van der Waals surface area (Å²) in [4.78, 5) is 26.2. The Labute approximate surface area is 144 Å². The molecule has 0 radical (unpaired) electrons. The minimum Gasteiger partial charge on any atom is -0.352 e. The Morgan fingerprint density at radius 2 is 1.88 bits per heavy atom. The van der Waals surface area contributed by atoms with Gasteiger partial charge >= 0.3 is 6.18 Å². The molecule has 7 heteroatoms. The molecule has 2 aliphatic rings. The van der Waals surface area contributed by atoms with Gasteiger partial charge in [0.05, 0.1) is 11.1 Å². The number of nitrogens with zero attached hydrogens (tertiary/aromatic N) is 1. The number of nitrogens with one attached hydrogen (secondary N) is 1. The molecular formula is C18H21F3N2O2. The average molecular weight is 354 g/mol.